The zero-order valence-electron chi connectivity index (χ0n) is 19.4. The van der Waals surface area contributed by atoms with E-state index in [0.717, 1.165) is 6.42 Å². The van der Waals surface area contributed by atoms with Gasteiger partial charge in [0.05, 0.1) is 41.8 Å². The van der Waals surface area contributed by atoms with Gasteiger partial charge in [-0.05, 0) is 30.0 Å². The zero-order chi connectivity index (χ0) is 25.0. The molecule has 179 valence electrons. The number of amidine groups is 1. The summed E-state index contributed by atoms with van der Waals surface area (Å²) in [5, 5.41) is 26.2. The van der Waals surface area contributed by atoms with Crippen molar-refractivity contribution in [1.29, 1.82) is 5.26 Å². The normalized spacial score (nSPS) is 18.6. The van der Waals surface area contributed by atoms with Crippen molar-refractivity contribution in [1.82, 2.24) is 10.2 Å². The predicted octanol–water partition coefficient (Wildman–Crippen LogP) is 1.37. The van der Waals surface area contributed by atoms with Gasteiger partial charge in [-0.25, -0.2) is 0 Å². The van der Waals surface area contributed by atoms with Crippen LogP contribution in [-0.2, 0) is 4.79 Å². The van der Waals surface area contributed by atoms with E-state index in [9.17, 15) is 4.79 Å². The molecule has 0 fully saturated rings. The number of rotatable bonds is 7. The lowest BCUT2D eigenvalue weighted by atomic mass is 10.1. The lowest BCUT2D eigenvalue weighted by Gasteiger charge is -2.21. The third kappa shape index (κ3) is 7.67. The largest absolute Gasteiger partial charge is 0.459 e. The van der Waals surface area contributed by atoms with Crippen LogP contribution in [0.5, 0.6) is 0 Å². The van der Waals surface area contributed by atoms with Gasteiger partial charge in [-0.3, -0.25) is 14.7 Å². The van der Waals surface area contributed by atoms with Crippen LogP contribution < -0.4 is 16.4 Å². The summed E-state index contributed by atoms with van der Waals surface area (Å²) in [5.41, 5.74) is 7.85. The number of hydrogen-bond donors (Lipinski definition) is 4. The van der Waals surface area contributed by atoms with Gasteiger partial charge in [-0.1, -0.05) is 37.0 Å². The van der Waals surface area contributed by atoms with E-state index in [1.54, 1.807) is 40.9 Å². The number of nitrogens with two attached hydrogens (primary N) is 1. The minimum atomic E-state index is -0.0726. The molecule has 1 amide bonds. The van der Waals surface area contributed by atoms with Crippen molar-refractivity contribution in [2.75, 3.05) is 25.0 Å². The second-order valence-electron chi connectivity index (χ2n) is 7.75. The van der Waals surface area contributed by atoms with Crippen molar-refractivity contribution in [2.45, 2.75) is 31.1 Å². The zero-order valence-corrected chi connectivity index (χ0v) is 20.3. The Morgan fingerprint density at radius 2 is 2.31 bits per heavy atom. The molecular formula is C24H27BN7O2S. The highest BCUT2D eigenvalue weighted by Gasteiger charge is 2.28. The first-order chi connectivity index (χ1) is 17.0. The Bertz CT molecular complexity index is 1150. The molecule has 2 heterocycles. The van der Waals surface area contributed by atoms with Gasteiger partial charge >= 0.3 is 7.62 Å². The number of aliphatic imine (C=N–C) groups is 1. The molecule has 0 spiro atoms. The number of anilines is 1. The van der Waals surface area contributed by atoms with Crippen molar-refractivity contribution >= 4 is 42.8 Å². The van der Waals surface area contributed by atoms with Crippen LogP contribution in [0, 0.1) is 23.2 Å². The van der Waals surface area contributed by atoms with E-state index >= 15 is 0 Å². The number of benzene rings is 1. The number of thioether (sulfide) groups is 1. The molecule has 0 aromatic heterocycles. The lowest BCUT2D eigenvalue weighted by Crippen LogP contribution is -2.35. The molecule has 3 rings (SSSR count). The van der Waals surface area contributed by atoms with E-state index in [-0.39, 0.29) is 36.2 Å². The van der Waals surface area contributed by atoms with Gasteiger partial charge in [0.2, 0.25) is 0 Å². The average molecular weight is 488 g/mol. The minimum Gasteiger partial charge on any atom is -0.434 e. The van der Waals surface area contributed by atoms with Crippen LogP contribution >= 0.6 is 11.8 Å². The second kappa shape index (κ2) is 13.3. The number of carbonyl (C=O) groups excluding carboxylic acids is 1. The van der Waals surface area contributed by atoms with Gasteiger partial charge in [0.15, 0.2) is 5.96 Å². The van der Waals surface area contributed by atoms with Crippen LogP contribution in [-0.4, -0.2) is 66.2 Å². The number of hydrogen-bond acceptors (Lipinski definition) is 7. The van der Waals surface area contributed by atoms with E-state index in [4.69, 9.17) is 16.0 Å². The molecule has 2 unspecified atom stereocenters. The summed E-state index contributed by atoms with van der Waals surface area (Å²) in [5.74, 6) is 6.68. The lowest BCUT2D eigenvalue weighted by molar-refractivity contribution is -0.126. The summed E-state index contributed by atoms with van der Waals surface area (Å²) in [6.07, 6.45) is 5.14. The minimum absolute atomic E-state index is 0.0150. The Hall–Kier alpha value is -3.67. The van der Waals surface area contributed by atoms with Crippen molar-refractivity contribution in [2.24, 2.45) is 15.6 Å². The monoisotopic (exact) mass is 488 g/mol. The van der Waals surface area contributed by atoms with Crippen molar-refractivity contribution in [3.8, 4) is 17.9 Å². The Labute approximate surface area is 210 Å². The van der Waals surface area contributed by atoms with Gasteiger partial charge in [-0.15, -0.1) is 11.8 Å². The topological polar surface area (TPSA) is 139 Å². The van der Waals surface area contributed by atoms with E-state index in [0.29, 0.717) is 43.2 Å². The summed E-state index contributed by atoms with van der Waals surface area (Å²) in [7, 11) is 0.663. The fourth-order valence-corrected chi connectivity index (χ4v) is 4.54. The highest BCUT2D eigenvalue weighted by molar-refractivity contribution is 8.03. The van der Waals surface area contributed by atoms with Crippen molar-refractivity contribution < 1.29 is 9.82 Å². The maximum atomic E-state index is 13.2. The molecule has 0 bridgehead atoms. The van der Waals surface area contributed by atoms with Gasteiger partial charge in [0.1, 0.15) is 0 Å². The standard InChI is InChI=1S/C24H27BN7O2S/c1-2-10-32(23(33)18-14-21-20(8-12-35-21)30-22(27)15-18)11-4-3-9-28-24(31-25-34)29-19-7-5-6-17(13-19)16-26/h5-8,12-14,20-21,34H,2,9-11,15H2,1H3,(H2,27,30)(H2,28,29,31). The van der Waals surface area contributed by atoms with Gasteiger partial charge < -0.3 is 26.3 Å². The molecule has 2 aliphatic heterocycles. The molecule has 1 aromatic rings. The Morgan fingerprint density at radius 3 is 3.09 bits per heavy atom. The molecule has 9 nitrogen and oxygen atoms in total. The molecule has 35 heavy (non-hydrogen) atoms. The highest BCUT2D eigenvalue weighted by atomic mass is 32.2. The first kappa shape index (κ1) is 25.9. The maximum absolute atomic E-state index is 13.2. The number of amides is 1. The summed E-state index contributed by atoms with van der Waals surface area (Å²) < 4.78 is 0. The van der Waals surface area contributed by atoms with Crippen LogP contribution in [0.15, 0.2) is 57.3 Å². The highest BCUT2D eigenvalue weighted by Crippen LogP contribution is 2.31. The van der Waals surface area contributed by atoms with Crippen LogP contribution in [0.25, 0.3) is 0 Å². The maximum Gasteiger partial charge on any atom is 0.459 e. The van der Waals surface area contributed by atoms with E-state index in [2.05, 4.69) is 38.4 Å². The van der Waals surface area contributed by atoms with Crippen LogP contribution in [0.4, 0.5) is 5.69 Å². The van der Waals surface area contributed by atoms with Gasteiger partial charge in [-0.2, -0.15) is 5.26 Å². The van der Waals surface area contributed by atoms with Gasteiger partial charge in [0, 0.05) is 24.2 Å². The summed E-state index contributed by atoms with van der Waals surface area (Å²) in [6, 6.07) is 8.93. The summed E-state index contributed by atoms with van der Waals surface area (Å²) in [4.78, 5) is 23.3. The fraction of sp³-hybridized carbons (Fsp3) is 0.333. The van der Waals surface area contributed by atoms with E-state index < -0.39 is 0 Å². The number of nitriles is 1. The SMILES string of the molecule is CCCN(CC#CCNC(=N[B]O)Nc1cccc(C#N)c1)C(=O)C1=CC2SC=CC2N=C(N)C1. The molecule has 2 atom stereocenters. The Morgan fingerprint density at radius 1 is 1.46 bits per heavy atom. The Kier molecular flexibility index (Phi) is 9.85. The fourth-order valence-electron chi connectivity index (χ4n) is 3.55. The number of fused-ring (bicyclic) bond motifs is 1. The van der Waals surface area contributed by atoms with E-state index in [1.807, 2.05) is 24.5 Å². The molecule has 1 aromatic carbocycles. The van der Waals surface area contributed by atoms with Crippen LogP contribution in [0.2, 0.25) is 0 Å². The first-order valence-electron chi connectivity index (χ1n) is 11.2. The Balaban J connectivity index is 1.58. The van der Waals surface area contributed by atoms with Crippen molar-refractivity contribution in [3.63, 3.8) is 0 Å². The number of carbonyl (C=O) groups is 1. The smallest absolute Gasteiger partial charge is 0.434 e. The first-order valence-corrected chi connectivity index (χ1v) is 12.1. The molecular weight excluding hydrogens is 461 g/mol. The second-order valence-corrected chi connectivity index (χ2v) is 8.84. The third-order valence-electron chi connectivity index (χ3n) is 5.14. The molecule has 0 saturated heterocycles. The number of nitrogens with zero attached hydrogens (tertiary/aromatic N) is 4. The van der Waals surface area contributed by atoms with Gasteiger partial charge in [0.25, 0.3) is 5.91 Å². The summed E-state index contributed by atoms with van der Waals surface area (Å²) >= 11 is 1.64. The van der Waals surface area contributed by atoms with Crippen molar-refractivity contribution in [3.05, 3.63) is 53.0 Å². The average Bonchev–Trinajstić information content (AvgIpc) is 3.21. The number of nitrogens with one attached hydrogen (secondary N) is 2. The molecule has 0 aliphatic carbocycles. The number of guanidine groups is 1. The molecule has 11 heteroatoms. The quantitative estimate of drug-likeness (QED) is 0.197. The molecule has 2 aliphatic rings. The molecule has 0 saturated carbocycles. The molecule has 1 radical (unpaired) electrons. The van der Waals surface area contributed by atoms with Crippen LogP contribution in [0.1, 0.15) is 25.3 Å². The van der Waals surface area contributed by atoms with E-state index in [1.165, 1.54) is 0 Å². The molecule has 5 N–H and O–H groups in total. The summed E-state index contributed by atoms with van der Waals surface area (Å²) in [6.45, 7) is 3.11. The predicted molar refractivity (Wildman–Crippen MR) is 141 cm³/mol. The van der Waals surface area contributed by atoms with Crippen LogP contribution in [0.3, 0.4) is 0 Å². The third-order valence-corrected chi connectivity index (χ3v) is 6.18.